The minimum atomic E-state index is -0.136. The number of amides is 1. The van der Waals surface area contributed by atoms with Gasteiger partial charge in [-0.15, -0.1) is 0 Å². The Kier molecular flexibility index (Phi) is 5.28. The number of aromatic nitrogens is 1. The second kappa shape index (κ2) is 7.62. The van der Waals surface area contributed by atoms with Crippen LogP contribution in [-0.4, -0.2) is 30.0 Å². The van der Waals surface area contributed by atoms with E-state index in [0.29, 0.717) is 23.6 Å². The molecule has 0 fully saturated rings. The van der Waals surface area contributed by atoms with Gasteiger partial charge in [-0.05, 0) is 54.4 Å². The maximum atomic E-state index is 12.9. The first-order valence-corrected chi connectivity index (χ1v) is 8.60. The number of nitrogens with zero attached hydrogens (tertiary/aromatic N) is 1. The molecule has 3 rings (SSSR count). The van der Waals surface area contributed by atoms with Gasteiger partial charge in [-0.3, -0.25) is 14.2 Å². The van der Waals surface area contributed by atoms with E-state index in [1.54, 1.807) is 35.9 Å². The third-order valence-electron chi connectivity index (χ3n) is 4.17. The monoisotopic (exact) mass is 370 g/mol. The molecule has 0 aliphatic carbocycles. The highest BCUT2D eigenvalue weighted by Gasteiger charge is 2.16. The summed E-state index contributed by atoms with van der Waals surface area (Å²) in [5, 5.41) is 4.30. The molecule has 0 aliphatic rings. The smallest absolute Gasteiger partial charge is 0.262 e. The zero-order valence-electron chi connectivity index (χ0n) is 14.6. The predicted molar refractivity (Wildman–Crippen MR) is 102 cm³/mol. The van der Waals surface area contributed by atoms with Gasteiger partial charge in [0, 0.05) is 35.6 Å². The molecule has 134 valence electrons. The second-order valence-corrected chi connectivity index (χ2v) is 6.39. The number of hydrogen-bond acceptors (Lipinski definition) is 3. The van der Waals surface area contributed by atoms with E-state index >= 15 is 0 Å². The summed E-state index contributed by atoms with van der Waals surface area (Å²) in [7, 11) is 1.61. The van der Waals surface area contributed by atoms with Crippen molar-refractivity contribution in [1.82, 2.24) is 9.88 Å². The van der Waals surface area contributed by atoms with E-state index in [2.05, 4.69) is 5.32 Å². The predicted octanol–water partition coefficient (Wildman–Crippen LogP) is 3.67. The number of nitrogens with one attached hydrogen (secondary N) is 1. The lowest BCUT2D eigenvalue weighted by molar-refractivity contribution is -0.118. The number of fused-ring (bicyclic) bond motifs is 1. The molecule has 3 aromatic rings. The van der Waals surface area contributed by atoms with Crippen molar-refractivity contribution in [2.45, 2.75) is 13.3 Å². The fourth-order valence-corrected chi connectivity index (χ4v) is 3.00. The van der Waals surface area contributed by atoms with Gasteiger partial charge < -0.3 is 10.1 Å². The van der Waals surface area contributed by atoms with E-state index in [0.717, 1.165) is 22.2 Å². The quantitative estimate of drug-likeness (QED) is 0.745. The normalized spacial score (nSPS) is 10.7. The molecule has 6 heteroatoms. The van der Waals surface area contributed by atoms with Crippen molar-refractivity contribution in [3.63, 3.8) is 0 Å². The molecule has 1 aromatic heterocycles. The van der Waals surface area contributed by atoms with Crippen molar-refractivity contribution in [3.05, 3.63) is 64.8 Å². The van der Waals surface area contributed by atoms with Crippen LogP contribution in [0.3, 0.4) is 0 Å². The highest BCUT2D eigenvalue weighted by atomic mass is 35.5. The van der Waals surface area contributed by atoms with Crippen molar-refractivity contribution < 1.29 is 14.3 Å². The molecule has 1 heterocycles. The van der Waals surface area contributed by atoms with Crippen LogP contribution in [0.2, 0.25) is 5.02 Å². The molecule has 0 bridgehead atoms. The van der Waals surface area contributed by atoms with Gasteiger partial charge in [0.1, 0.15) is 5.75 Å². The van der Waals surface area contributed by atoms with E-state index in [4.69, 9.17) is 16.3 Å². The molecule has 1 amide bonds. The molecule has 0 aliphatic heterocycles. The fraction of sp³-hybridized carbons (Fsp3) is 0.200. The Balaban J connectivity index is 2.02. The standard InChI is InChI=1S/C20H19ClN2O3/c1-13(24)22-10-9-15-12-23(19-8-7-17(26-2)11-18(15)19)20(25)14-3-5-16(21)6-4-14/h3-8,11-12H,9-10H2,1-2H3,(H,22,24). The van der Waals surface area contributed by atoms with Gasteiger partial charge in [0.15, 0.2) is 0 Å². The van der Waals surface area contributed by atoms with Crippen LogP contribution >= 0.6 is 11.6 Å². The van der Waals surface area contributed by atoms with Gasteiger partial charge in [0.25, 0.3) is 5.91 Å². The lowest BCUT2D eigenvalue weighted by Gasteiger charge is -2.05. The van der Waals surface area contributed by atoms with Crippen LogP contribution in [0.1, 0.15) is 22.8 Å². The first-order valence-electron chi connectivity index (χ1n) is 8.22. The van der Waals surface area contributed by atoms with Gasteiger partial charge >= 0.3 is 0 Å². The first-order chi connectivity index (χ1) is 12.5. The van der Waals surface area contributed by atoms with Crippen molar-refractivity contribution in [3.8, 4) is 5.75 Å². The minimum absolute atomic E-state index is 0.0800. The highest BCUT2D eigenvalue weighted by molar-refractivity contribution is 6.30. The minimum Gasteiger partial charge on any atom is -0.497 e. The SMILES string of the molecule is COc1ccc2c(c1)c(CCNC(C)=O)cn2C(=O)c1ccc(Cl)cc1. The Morgan fingerprint density at radius 2 is 1.88 bits per heavy atom. The zero-order chi connectivity index (χ0) is 18.7. The number of halogens is 1. The average Bonchev–Trinajstić information content (AvgIpc) is 2.99. The molecular formula is C20H19ClN2O3. The number of ether oxygens (including phenoxy) is 1. The van der Waals surface area contributed by atoms with Gasteiger partial charge in [-0.1, -0.05) is 11.6 Å². The Bertz CT molecular complexity index is 961. The molecule has 0 atom stereocenters. The molecule has 5 nitrogen and oxygen atoms in total. The highest BCUT2D eigenvalue weighted by Crippen LogP contribution is 2.27. The van der Waals surface area contributed by atoms with E-state index in [-0.39, 0.29) is 11.8 Å². The maximum Gasteiger partial charge on any atom is 0.262 e. The van der Waals surface area contributed by atoms with Crippen LogP contribution < -0.4 is 10.1 Å². The van der Waals surface area contributed by atoms with E-state index < -0.39 is 0 Å². The Hall–Kier alpha value is -2.79. The molecule has 0 spiro atoms. The van der Waals surface area contributed by atoms with Gasteiger partial charge in [-0.25, -0.2) is 0 Å². The summed E-state index contributed by atoms with van der Waals surface area (Å²) >= 11 is 5.91. The van der Waals surface area contributed by atoms with Gasteiger partial charge in [0.05, 0.1) is 12.6 Å². The lowest BCUT2D eigenvalue weighted by Crippen LogP contribution is -2.22. The summed E-state index contributed by atoms with van der Waals surface area (Å²) in [6.45, 7) is 1.98. The van der Waals surface area contributed by atoms with E-state index in [9.17, 15) is 9.59 Å². The Labute approximate surface area is 156 Å². The third-order valence-corrected chi connectivity index (χ3v) is 4.42. The molecule has 2 aromatic carbocycles. The zero-order valence-corrected chi connectivity index (χ0v) is 15.3. The largest absolute Gasteiger partial charge is 0.497 e. The molecular weight excluding hydrogens is 352 g/mol. The van der Waals surface area contributed by atoms with Crippen LogP contribution in [0, 0.1) is 0 Å². The number of benzene rings is 2. The average molecular weight is 371 g/mol. The summed E-state index contributed by atoms with van der Waals surface area (Å²) in [4.78, 5) is 24.1. The summed E-state index contributed by atoms with van der Waals surface area (Å²) < 4.78 is 6.94. The molecule has 0 radical (unpaired) electrons. The van der Waals surface area contributed by atoms with Crippen molar-refractivity contribution in [2.24, 2.45) is 0 Å². The second-order valence-electron chi connectivity index (χ2n) is 5.95. The molecule has 0 saturated heterocycles. The number of carbonyl (C=O) groups excluding carboxylic acids is 2. The van der Waals surface area contributed by atoms with E-state index in [1.165, 1.54) is 6.92 Å². The molecule has 0 unspecified atom stereocenters. The van der Waals surface area contributed by atoms with Crippen molar-refractivity contribution in [2.75, 3.05) is 13.7 Å². The van der Waals surface area contributed by atoms with E-state index in [1.807, 2.05) is 24.4 Å². The van der Waals surface area contributed by atoms with Crippen LogP contribution in [-0.2, 0) is 11.2 Å². The van der Waals surface area contributed by atoms with Crippen molar-refractivity contribution in [1.29, 1.82) is 0 Å². The first kappa shape index (κ1) is 18.0. The summed E-state index contributed by atoms with van der Waals surface area (Å²) in [6.07, 6.45) is 2.44. The number of carbonyl (C=O) groups is 2. The summed E-state index contributed by atoms with van der Waals surface area (Å²) in [6, 6.07) is 12.4. The maximum absolute atomic E-state index is 12.9. The number of methoxy groups -OCH3 is 1. The Morgan fingerprint density at radius 1 is 1.15 bits per heavy atom. The van der Waals surface area contributed by atoms with Crippen LogP contribution in [0.25, 0.3) is 10.9 Å². The molecule has 0 saturated carbocycles. The van der Waals surface area contributed by atoms with Crippen LogP contribution in [0.15, 0.2) is 48.7 Å². The number of rotatable bonds is 5. The Morgan fingerprint density at radius 3 is 2.54 bits per heavy atom. The van der Waals surface area contributed by atoms with Gasteiger partial charge in [0.2, 0.25) is 5.91 Å². The molecule has 26 heavy (non-hydrogen) atoms. The van der Waals surface area contributed by atoms with Gasteiger partial charge in [-0.2, -0.15) is 0 Å². The number of hydrogen-bond donors (Lipinski definition) is 1. The van der Waals surface area contributed by atoms with Crippen LogP contribution in [0.4, 0.5) is 0 Å². The molecule has 1 N–H and O–H groups in total. The summed E-state index contributed by atoms with van der Waals surface area (Å²) in [5.74, 6) is 0.501. The van der Waals surface area contributed by atoms with Crippen molar-refractivity contribution >= 4 is 34.3 Å². The lowest BCUT2D eigenvalue weighted by atomic mass is 10.1. The summed E-state index contributed by atoms with van der Waals surface area (Å²) in [5.41, 5.74) is 2.31. The van der Waals surface area contributed by atoms with Crippen LogP contribution in [0.5, 0.6) is 5.75 Å². The topological polar surface area (TPSA) is 60.3 Å². The third kappa shape index (κ3) is 3.73. The fourth-order valence-electron chi connectivity index (χ4n) is 2.88.